The molecule has 3 rings (SSSR count). The fourth-order valence-corrected chi connectivity index (χ4v) is 4.26. The zero-order valence-electron chi connectivity index (χ0n) is 15.5. The van der Waals surface area contributed by atoms with E-state index < -0.39 is 0 Å². The predicted molar refractivity (Wildman–Crippen MR) is 103 cm³/mol. The summed E-state index contributed by atoms with van der Waals surface area (Å²) in [4.78, 5) is 30.5. The number of hydrogen-bond acceptors (Lipinski definition) is 4. The Morgan fingerprint density at radius 3 is 2.69 bits per heavy atom. The topological polar surface area (TPSA) is 62.3 Å². The van der Waals surface area contributed by atoms with E-state index in [4.69, 9.17) is 0 Å². The van der Waals surface area contributed by atoms with Crippen LogP contribution in [0.5, 0.6) is 0 Å². The minimum Gasteiger partial charge on any atom is -0.351 e. The molecular weight excluding hydrogens is 346 g/mol. The van der Waals surface area contributed by atoms with E-state index in [9.17, 15) is 9.59 Å². The molecule has 0 spiro atoms. The summed E-state index contributed by atoms with van der Waals surface area (Å²) < 4.78 is 0. The molecule has 0 radical (unpaired) electrons. The van der Waals surface area contributed by atoms with E-state index in [2.05, 4.69) is 10.3 Å². The van der Waals surface area contributed by atoms with Crippen molar-refractivity contribution < 1.29 is 9.59 Å². The number of thiazole rings is 1. The van der Waals surface area contributed by atoms with Crippen molar-refractivity contribution in [1.29, 1.82) is 0 Å². The normalized spacial score (nSPS) is 15.1. The Morgan fingerprint density at radius 2 is 2.00 bits per heavy atom. The van der Waals surface area contributed by atoms with Crippen molar-refractivity contribution in [2.24, 2.45) is 0 Å². The summed E-state index contributed by atoms with van der Waals surface area (Å²) in [6.45, 7) is 7.52. The van der Waals surface area contributed by atoms with Gasteiger partial charge in [-0.25, -0.2) is 4.98 Å². The van der Waals surface area contributed by atoms with E-state index in [-0.39, 0.29) is 11.8 Å². The number of hydrogen-bond donors (Lipinski definition) is 1. The average Bonchev–Trinajstić information content (AvgIpc) is 3.10. The molecule has 1 fully saturated rings. The standard InChI is InChI=1S/C20H25N3O2S/c1-13-4-5-14(2)18(10-13)20(25)23-8-6-16(7-9-23)19-22-17(12-26-19)11-21-15(3)24/h4-5,10,12,16H,6-9,11H2,1-3H3,(H,21,24). The summed E-state index contributed by atoms with van der Waals surface area (Å²) in [5.41, 5.74) is 3.87. The van der Waals surface area contributed by atoms with Gasteiger partial charge in [0.15, 0.2) is 0 Å². The quantitative estimate of drug-likeness (QED) is 0.896. The van der Waals surface area contributed by atoms with Crippen LogP contribution >= 0.6 is 11.3 Å². The number of aromatic nitrogens is 1. The number of aryl methyl sites for hydroxylation is 2. The van der Waals surface area contributed by atoms with Gasteiger partial charge in [-0.3, -0.25) is 9.59 Å². The molecule has 2 heterocycles. The first-order valence-electron chi connectivity index (χ1n) is 8.99. The highest BCUT2D eigenvalue weighted by Crippen LogP contribution is 2.31. The Bertz CT molecular complexity index is 807. The maximum Gasteiger partial charge on any atom is 0.254 e. The van der Waals surface area contributed by atoms with E-state index in [1.54, 1.807) is 11.3 Å². The molecule has 1 saturated heterocycles. The fraction of sp³-hybridized carbons (Fsp3) is 0.450. The number of amides is 2. The molecule has 2 amide bonds. The number of nitrogens with zero attached hydrogens (tertiary/aromatic N) is 2. The van der Waals surface area contributed by atoms with Gasteiger partial charge in [-0.1, -0.05) is 17.7 Å². The molecule has 1 aliphatic rings. The number of likely N-dealkylation sites (tertiary alicyclic amines) is 1. The van der Waals surface area contributed by atoms with Crippen LogP contribution in [0.25, 0.3) is 0 Å². The minimum absolute atomic E-state index is 0.0437. The van der Waals surface area contributed by atoms with Gasteiger partial charge in [-0.2, -0.15) is 0 Å². The molecule has 1 N–H and O–H groups in total. The van der Waals surface area contributed by atoms with Gasteiger partial charge in [-0.15, -0.1) is 11.3 Å². The molecule has 1 aromatic carbocycles. The Labute approximate surface area is 158 Å². The zero-order valence-corrected chi connectivity index (χ0v) is 16.4. The van der Waals surface area contributed by atoms with Crippen molar-refractivity contribution >= 4 is 23.2 Å². The van der Waals surface area contributed by atoms with Crippen LogP contribution in [0.2, 0.25) is 0 Å². The molecule has 26 heavy (non-hydrogen) atoms. The maximum absolute atomic E-state index is 12.8. The van der Waals surface area contributed by atoms with Crippen LogP contribution in [-0.2, 0) is 11.3 Å². The summed E-state index contributed by atoms with van der Waals surface area (Å²) in [6, 6.07) is 6.04. The Balaban J connectivity index is 1.59. The molecule has 1 aromatic heterocycles. The van der Waals surface area contributed by atoms with E-state index in [0.717, 1.165) is 53.3 Å². The summed E-state index contributed by atoms with van der Waals surface area (Å²) in [6.07, 6.45) is 1.87. The molecule has 0 unspecified atom stereocenters. The second-order valence-corrected chi connectivity index (χ2v) is 7.86. The van der Waals surface area contributed by atoms with Crippen LogP contribution in [0.15, 0.2) is 23.6 Å². The van der Waals surface area contributed by atoms with E-state index >= 15 is 0 Å². The van der Waals surface area contributed by atoms with E-state index in [0.29, 0.717) is 12.5 Å². The lowest BCUT2D eigenvalue weighted by Gasteiger charge is -2.31. The zero-order chi connectivity index (χ0) is 18.7. The van der Waals surface area contributed by atoms with Crippen LogP contribution < -0.4 is 5.32 Å². The number of rotatable bonds is 4. The van der Waals surface area contributed by atoms with E-state index in [1.165, 1.54) is 6.92 Å². The first-order chi connectivity index (χ1) is 12.4. The van der Waals surface area contributed by atoms with Gasteiger partial charge in [0.2, 0.25) is 5.91 Å². The number of benzene rings is 1. The van der Waals surface area contributed by atoms with Crippen molar-refractivity contribution in [2.45, 2.75) is 46.1 Å². The van der Waals surface area contributed by atoms with Crippen molar-refractivity contribution in [1.82, 2.24) is 15.2 Å². The summed E-state index contributed by atoms with van der Waals surface area (Å²) in [7, 11) is 0. The van der Waals surface area contributed by atoms with Gasteiger partial charge >= 0.3 is 0 Å². The predicted octanol–water partition coefficient (Wildman–Crippen LogP) is 3.42. The van der Waals surface area contributed by atoms with Crippen molar-refractivity contribution in [2.75, 3.05) is 13.1 Å². The second-order valence-electron chi connectivity index (χ2n) is 6.97. The Morgan fingerprint density at radius 1 is 1.27 bits per heavy atom. The number of nitrogens with one attached hydrogen (secondary N) is 1. The molecule has 0 aliphatic carbocycles. The molecule has 5 nitrogen and oxygen atoms in total. The molecule has 138 valence electrons. The largest absolute Gasteiger partial charge is 0.351 e. The molecule has 2 aromatic rings. The van der Waals surface area contributed by atoms with Crippen molar-refractivity contribution in [3.05, 3.63) is 51.0 Å². The maximum atomic E-state index is 12.8. The Kier molecular flexibility index (Phi) is 5.71. The van der Waals surface area contributed by atoms with Crippen LogP contribution in [0.1, 0.15) is 57.9 Å². The van der Waals surface area contributed by atoms with Gasteiger partial charge in [-0.05, 0) is 38.3 Å². The van der Waals surface area contributed by atoms with Crippen molar-refractivity contribution in [3.63, 3.8) is 0 Å². The lowest BCUT2D eigenvalue weighted by Crippen LogP contribution is -2.38. The molecule has 0 atom stereocenters. The summed E-state index contributed by atoms with van der Waals surface area (Å²) in [5.74, 6) is 0.488. The third-order valence-electron chi connectivity index (χ3n) is 4.84. The van der Waals surface area contributed by atoms with Crippen LogP contribution in [-0.4, -0.2) is 34.8 Å². The first-order valence-corrected chi connectivity index (χ1v) is 9.87. The lowest BCUT2D eigenvalue weighted by molar-refractivity contribution is -0.119. The van der Waals surface area contributed by atoms with Gasteiger partial charge in [0.05, 0.1) is 17.2 Å². The van der Waals surface area contributed by atoms with Crippen LogP contribution in [0.4, 0.5) is 0 Å². The van der Waals surface area contributed by atoms with Gasteiger partial charge in [0.25, 0.3) is 5.91 Å². The van der Waals surface area contributed by atoms with Crippen LogP contribution in [0, 0.1) is 13.8 Å². The first kappa shape index (κ1) is 18.6. The van der Waals surface area contributed by atoms with Crippen molar-refractivity contribution in [3.8, 4) is 0 Å². The fourth-order valence-electron chi connectivity index (χ4n) is 3.27. The lowest BCUT2D eigenvalue weighted by atomic mass is 9.96. The molecule has 1 aliphatic heterocycles. The summed E-state index contributed by atoms with van der Waals surface area (Å²) in [5, 5.41) is 5.91. The number of carbonyl (C=O) groups is 2. The smallest absolute Gasteiger partial charge is 0.254 e. The SMILES string of the molecule is CC(=O)NCc1csc(C2CCN(C(=O)c3cc(C)ccc3C)CC2)n1. The Hall–Kier alpha value is -2.21. The third-order valence-corrected chi connectivity index (χ3v) is 5.90. The average molecular weight is 372 g/mol. The number of carbonyl (C=O) groups excluding carboxylic acids is 2. The second kappa shape index (κ2) is 7.99. The molecule has 0 bridgehead atoms. The monoisotopic (exact) mass is 371 g/mol. The summed E-state index contributed by atoms with van der Waals surface area (Å²) >= 11 is 1.65. The molecule has 6 heteroatoms. The highest BCUT2D eigenvalue weighted by molar-refractivity contribution is 7.09. The molecule has 0 saturated carbocycles. The highest BCUT2D eigenvalue weighted by Gasteiger charge is 2.27. The van der Waals surface area contributed by atoms with E-state index in [1.807, 2.05) is 42.3 Å². The minimum atomic E-state index is -0.0437. The van der Waals surface area contributed by atoms with Crippen LogP contribution in [0.3, 0.4) is 0 Å². The molecular formula is C20H25N3O2S. The number of piperidine rings is 1. The van der Waals surface area contributed by atoms with Gasteiger partial charge in [0, 0.05) is 36.9 Å². The third kappa shape index (κ3) is 4.30. The van der Waals surface area contributed by atoms with Gasteiger partial charge in [0.1, 0.15) is 0 Å². The van der Waals surface area contributed by atoms with Gasteiger partial charge < -0.3 is 10.2 Å². The highest BCUT2D eigenvalue weighted by atomic mass is 32.1.